The number of hydrogen-bond donors (Lipinski definition) is 1. The van der Waals surface area contributed by atoms with Crippen LogP contribution in [0.3, 0.4) is 0 Å². The third-order valence-corrected chi connectivity index (χ3v) is 7.91. The molecule has 1 aliphatic heterocycles. The number of thiazole rings is 1. The largest absolute Gasteiger partial charge is 0.464 e. The summed E-state index contributed by atoms with van der Waals surface area (Å²) >= 11 is 1.40. The minimum atomic E-state index is -2.48. The zero-order valence-electron chi connectivity index (χ0n) is 19.0. The van der Waals surface area contributed by atoms with E-state index in [4.69, 9.17) is 4.74 Å². The third kappa shape index (κ3) is 5.38. The summed E-state index contributed by atoms with van der Waals surface area (Å²) in [4.78, 5) is 20.8. The van der Waals surface area contributed by atoms with Crippen LogP contribution in [0.1, 0.15) is 53.0 Å². The standard InChI is InChI=1S/C24H29F2N5O2S/c25-22(26)15-33-24-29-19-14-30(13-9-21(19)34-24)12-8-16-3-5-17(6-4-16)28-23(32)18-2-1-11-31-20(18)7-10-27-31/h1-2,7,10-11,16-17,22H,3-6,8-9,12-15H2,(H,28,32)/t16-,17-. The van der Waals surface area contributed by atoms with Crippen LogP contribution in [-0.4, -0.2) is 57.6 Å². The van der Waals surface area contributed by atoms with Crippen LogP contribution in [0, 0.1) is 5.92 Å². The molecule has 0 aromatic carbocycles. The Balaban J connectivity index is 1.05. The zero-order valence-corrected chi connectivity index (χ0v) is 19.8. The fraction of sp³-hybridized carbons (Fsp3) is 0.542. The molecule has 5 rings (SSSR count). The summed E-state index contributed by atoms with van der Waals surface area (Å²) in [6.07, 6.45) is 7.32. The van der Waals surface area contributed by atoms with E-state index < -0.39 is 13.0 Å². The molecule has 182 valence electrons. The number of fused-ring (bicyclic) bond motifs is 2. The lowest BCUT2D eigenvalue weighted by molar-refractivity contribution is 0.0815. The van der Waals surface area contributed by atoms with E-state index >= 15 is 0 Å². The number of alkyl halides is 2. The molecule has 2 aliphatic rings. The van der Waals surface area contributed by atoms with Crippen molar-refractivity contribution < 1.29 is 18.3 Å². The Morgan fingerprint density at radius 1 is 1.26 bits per heavy atom. The van der Waals surface area contributed by atoms with Gasteiger partial charge in [-0.15, -0.1) is 0 Å². The molecule has 0 unspecified atom stereocenters. The number of aromatic nitrogens is 3. The van der Waals surface area contributed by atoms with Gasteiger partial charge in [-0.25, -0.2) is 18.3 Å². The topological polar surface area (TPSA) is 71.8 Å². The lowest BCUT2D eigenvalue weighted by Crippen LogP contribution is -2.38. The average Bonchev–Trinajstić information content (AvgIpc) is 3.48. The first-order valence-electron chi connectivity index (χ1n) is 11.9. The highest BCUT2D eigenvalue weighted by molar-refractivity contribution is 7.13. The second-order valence-corrected chi connectivity index (χ2v) is 10.2. The fourth-order valence-corrected chi connectivity index (χ4v) is 5.90. The van der Waals surface area contributed by atoms with Crippen LogP contribution >= 0.6 is 11.3 Å². The van der Waals surface area contributed by atoms with E-state index in [0.29, 0.717) is 16.7 Å². The minimum Gasteiger partial charge on any atom is -0.464 e. The third-order valence-electron chi connectivity index (χ3n) is 6.84. The Morgan fingerprint density at radius 3 is 2.94 bits per heavy atom. The first-order chi connectivity index (χ1) is 16.5. The molecule has 3 aromatic rings. The second-order valence-electron chi connectivity index (χ2n) is 9.14. The quantitative estimate of drug-likeness (QED) is 0.514. The number of nitrogens with one attached hydrogen (secondary N) is 1. The van der Waals surface area contributed by atoms with Crippen LogP contribution in [0.5, 0.6) is 5.19 Å². The van der Waals surface area contributed by atoms with Crippen molar-refractivity contribution in [1.29, 1.82) is 0 Å². The molecule has 0 saturated heterocycles. The SMILES string of the molecule is O=C(N[C@H]1CC[C@H](CCN2CCc3sc(OCC(F)F)nc3C2)CC1)c1cccn2nccc12. The first kappa shape index (κ1) is 23.2. The summed E-state index contributed by atoms with van der Waals surface area (Å²) in [5, 5.41) is 7.78. The van der Waals surface area contributed by atoms with Crippen molar-refractivity contribution in [2.75, 3.05) is 19.7 Å². The smallest absolute Gasteiger partial charge is 0.273 e. The molecule has 4 heterocycles. The predicted octanol–water partition coefficient (Wildman–Crippen LogP) is 4.17. The summed E-state index contributed by atoms with van der Waals surface area (Å²) in [5.74, 6) is 0.631. The molecule has 0 spiro atoms. The molecule has 0 atom stereocenters. The van der Waals surface area contributed by atoms with Gasteiger partial charge >= 0.3 is 0 Å². The van der Waals surface area contributed by atoms with Gasteiger partial charge in [0.1, 0.15) is 0 Å². The Hall–Kier alpha value is -2.59. The van der Waals surface area contributed by atoms with Crippen molar-refractivity contribution in [1.82, 2.24) is 24.8 Å². The Bertz CT molecular complexity index is 1130. The molecular formula is C24H29F2N5O2S. The normalized spacial score (nSPS) is 21.0. The monoisotopic (exact) mass is 489 g/mol. The van der Waals surface area contributed by atoms with Gasteiger partial charge in [-0.3, -0.25) is 9.69 Å². The van der Waals surface area contributed by atoms with Crippen LogP contribution in [0.15, 0.2) is 30.6 Å². The number of halogens is 2. The van der Waals surface area contributed by atoms with E-state index in [1.807, 2.05) is 24.4 Å². The summed E-state index contributed by atoms with van der Waals surface area (Å²) in [6, 6.07) is 5.76. The molecule has 0 bridgehead atoms. The minimum absolute atomic E-state index is 0.0289. The number of carbonyl (C=O) groups excluding carboxylic acids is 1. The van der Waals surface area contributed by atoms with Crippen molar-refractivity contribution in [2.24, 2.45) is 5.92 Å². The van der Waals surface area contributed by atoms with Gasteiger partial charge in [0.25, 0.3) is 17.5 Å². The van der Waals surface area contributed by atoms with Gasteiger partial charge in [0, 0.05) is 30.2 Å². The number of nitrogens with zero attached hydrogens (tertiary/aromatic N) is 4. The average molecular weight is 490 g/mol. The number of ether oxygens (including phenoxy) is 1. The van der Waals surface area contributed by atoms with Crippen molar-refractivity contribution in [3.63, 3.8) is 0 Å². The number of hydrogen-bond acceptors (Lipinski definition) is 6. The molecule has 34 heavy (non-hydrogen) atoms. The van der Waals surface area contributed by atoms with E-state index in [2.05, 4.69) is 20.3 Å². The number of rotatable bonds is 8. The number of carbonyl (C=O) groups is 1. The highest BCUT2D eigenvalue weighted by atomic mass is 32.1. The van der Waals surface area contributed by atoms with Crippen molar-refractivity contribution in [3.05, 3.63) is 46.7 Å². The van der Waals surface area contributed by atoms with Gasteiger partial charge in [-0.05, 0) is 69.2 Å². The molecule has 10 heteroatoms. The molecule has 1 fully saturated rings. The summed E-state index contributed by atoms with van der Waals surface area (Å²) in [5.41, 5.74) is 2.46. The van der Waals surface area contributed by atoms with Gasteiger partial charge < -0.3 is 10.1 Å². The van der Waals surface area contributed by atoms with Gasteiger partial charge in [0.2, 0.25) is 0 Å². The van der Waals surface area contributed by atoms with Gasteiger partial charge in [0.05, 0.1) is 23.0 Å². The summed E-state index contributed by atoms with van der Waals surface area (Å²) < 4.78 is 31.6. The molecular weight excluding hydrogens is 460 g/mol. The number of pyridine rings is 1. The van der Waals surface area contributed by atoms with Gasteiger partial charge in [0.15, 0.2) is 6.61 Å². The van der Waals surface area contributed by atoms with Crippen molar-refractivity contribution in [3.8, 4) is 5.19 Å². The summed E-state index contributed by atoms with van der Waals surface area (Å²) in [6.45, 7) is 2.14. The highest BCUT2D eigenvalue weighted by Gasteiger charge is 2.26. The van der Waals surface area contributed by atoms with Crippen LogP contribution in [0.25, 0.3) is 5.52 Å². The highest BCUT2D eigenvalue weighted by Crippen LogP contribution is 2.31. The number of amides is 1. The van der Waals surface area contributed by atoms with E-state index in [-0.39, 0.29) is 11.9 Å². The molecule has 1 amide bonds. The zero-order chi connectivity index (χ0) is 23.5. The Morgan fingerprint density at radius 2 is 2.12 bits per heavy atom. The van der Waals surface area contributed by atoms with E-state index in [0.717, 1.165) is 74.2 Å². The lowest BCUT2D eigenvalue weighted by Gasteiger charge is -2.32. The summed E-state index contributed by atoms with van der Waals surface area (Å²) in [7, 11) is 0. The fourth-order valence-electron chi connectivity index (χ4n) is 4.98. The molecule has 1 N–H and O–H groups in total. The van der Waals surface area contributed by atoms with Crippen LogP contribution < -0.4 is 10.1 Å². The maximum atomic E-state index is 12.8. The Kier molecular flexibility index (Phi) is 7.05. The van der Waals surface area contributed by atoms with E-state index in [1.54, 1.807) is 10.7 Å². The van der Waals surface area contributed by atoms with Crippen molar-refractivity contribution >= 4 is 22.8 Å². The molecule has 0 radical (unpaired) electrons. The van der Waals surface area contributed by atoms with Crippen molar-refractivity contribution in [2.45, 2.75) is 57.5 Å². The van der Waals surface area contributed by atoms with Gasteiger partial charge in [-0.1, -0.05) is 11.3 Å². The second kappa shape index (κ2) is 10.4. The maximum absolute atomic E-state index is 12.8. The molecule has 1 saturated carbocycles. The van der Waals surface area contributed by atoms with E-state index in [1.165, 1.54) is 11.3 Å². The molecule has 3 aromatic heterocycles. The molecule has 7 nitrogen and oxygen atoms in total. The maximum Gasteiger partial charge on any atom is 0.273 e. The Labute approximate surface area is 201 Å². The van der Waals surface area contributed by atoms with Crippen LogP contribution in [0.2, 0.25) is 0 Å². The molecule has 1 aliphatic carbocycles. The van der Waals surface area contributed by atoms with Crippen LogP contribution in [0.4, 0.5) is 8.78 Å². The first-order valence-corrected chi connectivity index (χ1v) is 12.7. The predicted molar refractivity (Wildman–Crippen MR) is 126 cm³/mol. The lowest BCUT2D eigenvalue weighted by atomic mass is 9.84. The van der Waals surface area contributed by atoms with Crippen LogP contribution in [-0.2, 0) is 13.0 Å². The van der Waals surface area contributed by atoms with E-state index in [9.17, 15) is 13.6 Å². The van der Waals surface area contributed by atoms with Gasteiger partial charge in [-0.2, -0.15) is 5.10 Å².